The van der Waals surface area contributed by atoms with Crippen molar-refractivity contribution in [3.63, 3.8) is 0 Å². The molecule has 5 aromatic rings. The fraction of sp³-hybridized carbons (Fsp3) is 0.179. The molecule has 0 aliphatic rings. The number of pyridine rings is 1. The van der Waals surface area contributed by atoms with Gasteiger partial charge in [-0.2, -0.15) is 9.90 Å². The Morgan fingerprint density at radius 2 is 1.79 bits per heavy atom. The molecular formula is C28H24BrCl2N9O2. The summed E-state index contributed by atoms with van der Waals surface area (Å²) in [6.07, 6.45) is 1.55. The van der Waals surface area contributed by atoms with Crippen LogP contribution in [0.4, 0.5) is 5.69 Å². The quantitative estimate of drug-likeness (QED) is 0.216. The van der Waals surface area contributed by atoms with Crippen LogP contribution in [0.15, 0.2) is 65.3 Å². The van der Waals surface area contributed by atoms with Crippen LogP contribution in [-0.4, -0.2) is 52.8 Å². The third-order valence-corrected chi connectivity index (χ3v) is 7.04. The minimum Gasteiger partial charge on any atom is -0.350 e. The van der Waals surface area contributed by atoms with Crippen molar-refractivity contribution in [3.8, 4) is 17.2 Å². The van der Waals surface area contributed by atoms with E-state index >= 15 is 0 Å². The first-order valence-corrected chi connectivity index (χ1v) is 14.3. The van der Waals surface area contributed by atoms with Crippen LogP contribution < -0.4 is 10.6 Å². The number of benzene rings is 2. The number of carbonyl (C=O) groups excluding carboxylic acids is 2. The van der Waals surface area contributed by atoms with E-state index in [0.29, 0.717) is 27.8 Å². The topological polar surface area (TPSA) is 133 Å². The highest BCUT2D eigenvalue weighted by Gasteiger charge is 2.23. The average molecular weight is 669 g/mol. The zero-order valence-corrected chi connectivity index (χ0v) is 25.7. The van der Waals surface area contributed by atoms with Crippen LogP contribution in [-0.2, 0) is 6.54 Å². The van der Waals surface area contributed by atoms with Crippen LogP contribution in [0.3, 0.4) is 0 Å². The molecular weight excluding hydrogens is 645 g/mol. The lowest BCUT2D eigenvalue weighted by Gasteiger charge is -2.16. The van der Waals surface area contributed by atoms with Crippen LogP contribution in [0.2, 0.25) is 10.0 Å². The van der Waals surface area contributed by atoms with E-state index in [1.54, 1.807) is 37.4 Å². The van der Waals surface area contributed by atoms with Gasteiger partial charge in [0, 0.05) is 27.3 Å². The van der Waals surface area contributed by atoms with Crippen molar-refractivity contribution >= 4 is 56.6 Å². The van der Waals surface area contributed by atoms with Crippen molar-refractivity contribution in [1.29, 1.82) is 0 Å². The normalized spacial score (nSPS) is 11.1. The van der Waals surface area contributed by atoms with E-state index in [4.69, 9.17) is 23.2 Å². The highest BCUT2D eigenvalue weighted by Crippen LogP contribution is 2.28. The number of nitrogens with zero attached hydrogens (tertiary/aromatic N) is 7. The summed E-state index contributed by atoms with van der Waals surface area (Å²) >= 11 is 16.1. The summed E-state index contributed by atoms with van der Waals surface area (Å²) in [5, 5.41) is 23.7. The molecule has 0 aliphatic heterocycles. The van der Waals surface area contributed by atoms with Crippen LogP contribution >= 0.6 is 39.1 Å². The Kier molecular flexibility index (Phi) is 8.66. The van der Waals surface area contributed by atoms with Gasteiger partial charge in [-0.05, 0) is 86.1 Å². The van der Waals surface area contributed by atoms with E-state index in [1.807, 2.05) is 38.1 Å². The maximum Gasteiger partial charge on any atom is 0.274 e. The largest absolute Gasteiger partial charge is 0.350 e. The Morgan fingerprint density at radius 3 is 2.50 bits per heavy atom. The van der Waals surface area contributed by atoms with E-state index in [9.17, 15) is 9.59 Å². The smallest absolute Gasteiger partial charge is 0.274 e. The van der Waals surface area contributed by atoms with E-state index in [-0.39, 0.29) is 40.6 Å². The number of halogens is 3. The molecule has 214 valence electrons. The van der Waals surface area contributed by atoms with Crippen molar-refractivity contribution < 1.29 is 9.59 Å². The van der Waals surface area contributed by atoms with Gasteiger partial charge in [0.25, 0.3) is 11.8 Å². The molecule has 0 spiro atoms. The molecule has 11 nitrogen and oxygen atoms in total. The molecule has 3 heterocycles. The Bertz CT molecular complexity index is 1780. The maximum absolute atomic E-state index is 13.8. The summed E-state index contributed by atoms with van der Waals surface area (Å²) in [4.78, 5) is 32.5. The second-order valence-corrected chi connectivity index (χ2v) is 11.4. The maximum atomic E-state index is 13.8. The SMILES string of the molecule is Cc1cc(Cl)cc(C(=O)NC(C)C)c1NC(=O)c1cc(Cn2nnc(-c3ccc(Br)cc3)n2)nn1-c1ncccc1Cl. The number of rotatable bonds is 8. The summed E-state index contributed by atoms with van der Waals surface area (Å²) in [7, 11) is 0. The van der Waals surface area contributed by atoms with Gasteiger partial charge in [0.1, 0.15) is 12.2 Å². The van der Waals surface area contributed by atoms with Crippen molar-refractivity contribution in [3.05, 3.63) is 97.8 Å². The zero-order chi connectivity index (χ0) is 30.0. The standard InChI is InChI=1S/C28H24BrCl2N9O2/c1-15(2)33-27(41)21-12-19(30)11-16(3)24(21)34-28(42)23-13-20(36-40(23)26-22(31)5-4-10-32-26)14-39-37-25(35-38-39)17-6-8-18(29)9-7-17/h4-13,15H,14H2,1-3H3,(H,33,41)(H,34,42). The molecule has 0 radical (unpaired) electrons. The molecule has 0 aliphatic carbocycles. The van der Waals surface area contributed by atoms with Crippen LogP contribution in [0.1, 0.15) is 46.0 Å². The predicted molar refractivity (Wildman–Crippen MR) is 163 cm³/mol. The molecule has 2 N–H and O–H groups in total. The second-order valence-electron chi connectivity index (χ2n) is 9.62. The minimum atomic E-state index is -0.540. The Hall–Kier alpha value is -4.13. The molecule has 42 heavy (non-hydrogen) atoms. The number of aromatic nitrogens is 7. The molecule has 14 heteroatoms. The average Bonchev–Trinajstić information content (AvgIpc) is 3.58. The Balaban J connectivity index is 1.50. The summed E-state index contributed by atoms with van der Waals surface area (Å²) < 4.78 is 2.28. The summed E-state index contributed by atoms with van der Waals surface area (Å²) in [5.74, 6) is -0.213. The van der Waals surface area contributed by atoms with Gasteiger partial charge < -0.3 is 10.6 Å². The number of amides is 2. The molecule has 0 atom stereocenters. The van der Waals surface area contributed by atoms with Gasteiger partial charge in [-0.1, -0.05) is 39.1 Å². The summed E-state index contributed by atoms with van der Waals surface area (Å²) in [6, 6.07) is 15.5. The predicted octanol–water partition coefficient (Wildman–Crippen LogP) is 5.74. The number of hydrogen-bond acceptors (Lipinski definition) is 7. The lowest BCUT2D eigenvalue weighted by molar-refractivity contribution is 0.0944. The number of hydrogen-bond donors (Lipinski definition) is 2. The van der Waals surface area contributed by atoms with Crippen LogP contribution in [0, 0.1) is 6.92 Å². The van der Waals surface area contributed by atoms with Gasteiger partial charge in [0.15, 0.2) is 5.82 Å². The number of tetrazole rings is 1. The highest BCUT2D eigenvalue weighted by atomic mass is 79.9. The Labute approximate surface area is 259 Å². The molecule has 3 aromatic heterocycles. The first-order valence-electron chi connectivity index (χ1n) is 12.7. The Morgan fingerprint density at radius 1 is 1.02 bits per heavy atom. The zero-order valence-electron chi connectivity index (χ0n) is 22.6. The molecule has 2 amide bonds. The third kappa shape index (κ3) is 6.51. The number of nitrogens with one attached hydrogen (secondary N) is 2. The number of aryl methyl sites for hydroxylation is 1. The molecule has 5 rings (SSSR count). The molecule has 0 fully saturated rings. The monoisotopic (exact) mass is 667 g/mol. The van der Waals surface area contributed by atoms with E-state index in [2.05, 4.69) is 52.1 Å². The summed E-state index contributed by atoms with van der Waals surface area (Å²) in [5.41, 5.74) is 2.54. The minimum absolute atomic E-state index is 0.114. The van der Waals surface area contributed by atoms with Crippen molar-refractivity contribution in [1.82, 2.24) is 40.3 Å². The lowest BCUT2D eigenvalue weighted by Crippen LogP contribution is -2.31. The molecule has 0 saturated carbocycles. The first-order chi connectivity index (χ1) is 20.1. The van der Waals surface area contributed by atoms with Crippen LogP contribution in [0.5, 0.6) is 0 Å². The van der Waals surface area contributed by atoms with Crippen molar-refractivity contribution in [2.45, 2.75) is 33.4 Å². The van der Waals surface area contributed by atoms with E-state index < -0.39 is 5.91 Å². The highest BCUT2D eigenvalue weighted by molar-refractivity contribution is 9.10. The van der Waals surface area contributed by atoms with Crippen molar-refractivity contribution in [2.75, 3.05) is 5.32 Å². The molecule has 0 saturated heterocycles. The number of anilines is 1. The van der Waals surface area contributed by atoms with E-state index in [1.165, 1.54) is 15.5 Å². The van der Waals surface area contributed by atoms with Crippen LogP contribution in [0.25, 0.3) is 17.2 Å². The van der Waals surface area contributed by atoms with Gasteiger partial charge in [-0.3, -0.25) is 9.59 Å². The van der Waals surface area contributed by atoms with E-state index in [0.717, 1.165) is 10.0 Å². The third-order valence-electron chi connectivity index (χ3n) is 5.99. The summed E-state index contributed by atoms with van der Waals surface area (Å²) in [6.45, 7) is 5.56. The second kappa shape index (κ2) is 12.4. The number of carbonyl (C=O) groups is 2. The fourth-order valence-electron chi connectivity index (χ4n) is 4.14. The molecule has 2 aromatic carbocycles. The van der Waals surface area contributed by atoms with Crippen molar-refractivity contribution in [2.24, 2.45) is 0 Å². The molecule has 0 bridgehead atoms. The van der Waals surface area contributed by atoms with Gasteiger partial charge in [0.05, 0.1) is 22.0 Å². The fourth-order valence-corrected chi connectivity index (χ4v) is 4.88. The van der Waals surface area contributed by atoms with Gasteiger partial charge in [0.2, 0.25) is 5.82 Å². The van der Waals surface area contributed by atoms with Gasteiger partial charge in [-0.25, -0.2) is 9.67 Å². The first kappa shape index (κ1) is 29.4. The lowest BCUT2D eigenvalue weighted by atomic mass is 10.1. The van der Waals surface area contributed by atoms with Gasteiger partial charge in [-0.15, -0.1) is 10.2 Å². The molecule has 0 unspecified atom stereocenters. The van der Waals surface area contributed by atoms with Gasteiger partial charge >= 0.3 is 0 Å².